The van der Waals surface area contributed by atoms with E-state index in [9.17, 15) is 4.79 Å². The topological polar surface area (TPSA) is 32.3 Å². The van der Waals surface area contributed by atoms with Crippen molar-refractivity contribution < 1.29 is 4.79 Å². The van der Waals surface area contributed by atoms with E-state index in [1.807, 2.05) is 71.6 Å². The van der Waals surface area contributed by atoms with E-state index in [1.165, 1.54) is 11.1 Å². The monoisotopic (exact) mass is 342 g/mol. The average Bonchev–Trinajstić information content (AvgIpc) is 2.69. The van der Waals surface area contributed by atoms with Gasteiger partial charge in [-0.05, 0) is 36.8 Å². The van der Waals surface area contributed by atoms with E-state index < -0.39 is 0 Å². The van der Waals surface area contributed by atoms with Gasteiger partial charge in [-0.15, -0.1) is 0 Å². The van der Waals surface area contributed by atoms with Gasteiger partial charge in [-0.1, -0.05) is 67.1 Å². The molecule has 1 unspecified atom stereocenters. The predicted molar refractivity (Wildman–Crippen MR) is 107 cm³/mol. The minimum atomic E-state index is -0.150. The Morgan fingerprint density at radius 2 is 1.54 bits per heavy atom. The number of carbonyl (C=O) groups is 1. The van der Waals surface area contributed by atoms with Gasteiger partial charge >= 0.3 is 0 Å². The van der Waals surface area contributed by atoms with E-state index in [1.54, 1.807) is 0 Å². The zero-order chi connectivity index (χ0) is 18.1. The van der Waals surface area contributed by atoms with Crippen molar-refractivity contribution in [3.05, 3.63) is 95.6 Å². The molecular formula is C23H22N2O. The molecule has 1 N–H and O–H groups in total. The fourth-order valence-electron chi connectivity index (χ4n) is 3.55. The molecule has 0 aliphatic carbocycles. The third-order valence-corrected chi connectivity index (χ3v) is 5.07. The Hall–Kier alpha value is -3.07. The lowest BCUT2D eigenvalue weighted by Crippen LogP contribution is -2.51. The Morgan fingerprint density at radius 1 is 0.885 bits per heavy atom. The summed E-state index contributed by atoms with van der Waals surface area (Å²) < 4.78 is 0. The molecule has 0 saturated heterocycles. The number of aryl methyl sites for hydroxylation is 1. The fourth-order valence-corrected chi connectivity index (χ4v) is 3.55. The van der Waals surface area contributed by atoms with Gasteiger partial charge in [-0.3, -0.25) is 9.69 Å². The molecule has 2 atom stereocenters. The summed E-state index contributed by atoms with van der Waals surface area (Å²) in [6.07, 6.45) is -0.150. The highest BCUT2D eigenvalue weighted by Gasteiger charge is 2.36. The predicted octanol–water partition coefficient (Wildman–Crippen LogP) is 5.20. The number of benzene rings is 3. The van der Waals surface area contributed by atoms with Crippen LogP contribution < -0.4 is 10.2 Å². The van der Waals surface area contributed by atoms with Crippen molar-refractivity contribution in [1.29, 1.82) is 0 Å². The number of hydrogen-bond donors (Lipinski definition) is 1. The summed E-state index contributed by atoms with van der Waals surface area (Å²) in [5, 5.41) is 3.59. The SMILES string of the molecule is Cc1ccc(N2C(=O)c3ccccc3N[C@@H]2C(C)c2ccccc2)cc1. The summed E-state index contributed by atoms with van der Waals surface area (Å²) in [5.41, 5.74) is 4.90. The largest absolute Gasteiger partial charge is 0.364 e. The van der Waals surface area contributed by atoms with Crippen LogP contribution in [0.1, 0.15) is 34.3 Å². The van der Waals surface area contributed by atoms with Gasteiger partial charge in [-0.2, -0.15) is 0 Å². The molecule has 3 heteroatoms. The molecule has 1 aliphatic heterocycles. The maximum Gasteiger partial charge on any atom is 0.262 e. The Balaban J connectivity index is 1.81. The van der Waals surface area contributed by atoms with E-state index in [4.69, 9.17) is 0 Å². The number of nitrogens with zero attached hydrogens (tertiary/aromatic N) is 1. The quantitative estimate of drug-likeness (QED) is 0.710. The number of nitrogens with one attached hydrogen (secondary N) is 1. The lowest BCUT2D eigenvalue weighted by Gasteiger charge is -2.41. The minimum absolute atomic E-state index is 0.0379. The average molecular weight is 342 g/mol. The van der Waals surface area contributed by atoms with Crippen LogP contribution in [-0.4, -0.2) is 12.1 Å². The molecule has 1 aliphatic rings. The molecule has 0 fully saturated rings. The highest BCUT2D eigenvalue weighted by atomic mass is 16.2. The van der Waals surface area contributed by atoms with Crippen LogP contribution in [0, 0.1) is 6.92 Å². The standard InChI is InChI=1S/C23H22N2O/c1-16-12-14-19(15-13-16)25-22(17(2)18-8-4-3-5-9-18)24-21-11-7-6-10-20(21)23(25)26/h3-15,17,22,24H,1-2H3/t17?,22-/m0/s1. The van der Waals surface area contributed by atoms with Gasteiger partial charge in [0.15, 0.2) is 0 Å². The van der Waals surface area contributed by atoms with Crippen molar-refractivity contribution >= 4 is 17.3 Å². The van der Waals surface area contributed by atoms with Crippen molar-refractivity contribution in [1.82, 2.24) is 0 Å². The van der Waals surface area contributed by atoms with Crippen LogP contribution in [0.2, 0.25) is 0 Å². The minimum Gasteiger partial charge on any atom is -0.364 e. The maximum atomic E-state index is 13.3. The normalized spacial score (nSPS) is 17.4. The second kappa shape index (κ2) is 6.68. The summed E-state index contributed by atoms with van der Waals surface area (Å²) >= 11 is 0. The molecule has 0 saturated carbocycles. The van der Waals surface area contributed by atoms with Crippen LogP contribution >= 0.6 is 0 Å². The van der Waals surface area contributed by atoms with Crippen LogP contribution in [-0.2, 0) is 0 Å². The van der Waals surface area contributed by atoms with Crippen LogP contribution in [0.5, 0.6) is 0 Å². The molecule has 3 nitrogen and oxygen atoms in total. The van der Waals surface area contributed by atoms with Gasteiger partial charge in [0.2, 0.25) is 0 Å². The summed E-state index contributed by atoms with van der Waals surface area (Å²) in [7, 11) is 0. The number of rotatable bonds is 3. The van der Waals surface area contributed by atoms with Crippen LogP contribution in [0.15, 0.2) is 78.9 Å². The highest BCUT2D eigenvalue weighted by molar-refractivity contribution is 6.12. The molecule has 4 rings (SSSR count). The summed E-state index contributed by atoms with van der Waals surface area (Å²) in [6.45, 7) is 4.22. The van der Waals surface area contributed by atoms with E-state index in [0.29, 0.717) is 5.56 Å². The molecule has 1 heterocycles. The second-order valence-corrected chi connectivity index (χ2v) is 6.84. The molecule has 0 radical (unpaired) electrons. The zero-order valence-electron chi connectivity index (χ0n) is 15.0. The van der Waals surface area contributed by atoms with Crippen molar-refractivity contribution in [3.63, 3.8) is 0 Å². The third kappa shape index (κ3) is 2.86. The van der Waals surface area contributed by atoms with E-state index in [-0.39, 0.29) is 18.0 Å². The Bertz CT molecular complexity index is 918. The highest BCUT2D eigenvalue weighted by Crippen LogP contribution is 2.35. The molecule has 0 spiro atoms. The first-order valence-electron chi connectivity index (χ1n) is 8.96. The number of carbonyl (C=O) groups excluding carboxylic acids is 1. The van der Waals surface area contributed by atoms with Gasteiger partial charge in [0.1, 0.15) is 6.17 Å². The Kier molecular flexibility index (Phi) is 4.21. The lowest BCUT2D eigenvalue weighted by molar-refractivity contribution is 0.0972. The van der Waals surface area contributed by atoms with Crippen molar-refractivity contribution in [3.8, 4) is 0 Å². The van der Waals surface area contributed by atoms with Crippen LogP contribution in [0.25, 0.3) is 0 Å². The van der Waals surface area contributed by atoms with E-state index in [0.717, 1.165) is 11.4 Å². The van der Waals surface area contributed by atoms with Crippen molar-refractivity contribution in [2.75, 3.05) is 10.2 Å². The van der Waals surface area contributed by atoms with E-state index >= 15 is 0 Å². The van der Waals surface area contributed by atoms with Gasteiger partial charge in [0, 0.05) is 17.3 Å². The Morgan fingerprint density at radius 3 is 2.27 bits per heavy atom. The maximum absolute atomic E-state index is 13.3. The van der Waals surface area contributed by atoms with E-state index in [2.05, 4.69) is 31.3 Å². The van der Waals surface area contributed by atoms with Gasteiger partial charge in [-0.25, -0.2) is 0 Å². The molecular weight excluding hydrogens is 320 g/mol. The zero-order valence-corrected chi connectivity index (χ0v) is 15.0. The second-order valence-electron chi connectivity index (χ2n) is 6.84. The number of anilines is 2. The molecule has 0 aromatic heterocycles. The molecule has 3 aromatic carbocycles. The first-order chi connectivity index (χ1) is 12.6. The van der Waals surface area contributed by atoms with Crippen molar-refractivity contribution in [2.24, 2.45) is 0 Å². The van der Waals surface area contributed by atoms with Gasteiger partial charge in [0.05, 0.1) is 5.56 Å². The van der Waals surface area contributed by atoms with Crippen molar-refractivity contribution in [2.45, 2.75) is 25.9 Å². The summed E-state index contributed by atoms with van der Waals surface area (Å²) in [4.78, 5) is 15.2. The number of para-hydroxylation sites is 1. The first-order valence-corrected chi connectivity index (χ1v) is 8.96. The van der Waals surface area contributed by atoms with Gasteiger partial charge < -0.3 is 5.32 Å². The summed E-state index contributed by atoms with van der Waals surface area (Å²) in [6, 6.07) is 26.2. The smallest absolute Gasteiger partial charge is 0.262 e. The first kappa shape index (κ1) is 16.4. The molecule has 0 bridgehead atoms. The molecule has 26 heavy (non-hydrogen) atoms. The molecule has 130 valence electrons. The lowest BCUT2D eigenvalue weighted by atomic mass is 9.93. The number of fused-ring (bicyclic) bond motifs is 1. The number of amides is 1. The molecule has 3 aromatic rings. The fraction of sp³-hybridized carbons (Fsp3) is 0.174. The van der Waals surface area contributed by atoms with Crippen LogP contribution in [0.4, 0.5) is 11.4 Å². The number of hydrogen-bond acceptors (Lipinski definition) is 2. The Labute approximate surface area is 154 Å². The summed E-state index contributed by atoms with van der Waals surface area (Å²) in [5.74, 6) is 0.172. The van der Waals surface area contributed by atoms with Crippen LogP contribution in [0.3, 0.4) is 0 Å². The third-order valence-electron chi connectivity index (χ3n) is 5.07. The molecule has 1 amide bonds. The van der Waals surface area contributed by atoms with Gasteiger partial charge in [0.25, 0.3) is 5.91 Å².